The van der Waals surface area contributed by atoms with Gasteiger partial charge in [0.25, 0.3) is 0 Å². The van der Waals surface area contributed by atoms with Crippen LogP contribution in [0.15, 0.2) is 24.3 Å². The largest absolute Gasteiger partial charge is 0.356 e. The van der Waals surface area contributed by atoms with E-state index in [0.29, 0.717) is 18.5 Å². The normalized spacial score (nSPS) is 10.3. The van der Waals surface area contributed by atoms with E-state index in [9.17, 15) is 9.18 Å². The molecule has 1 N–H and O–H groups in total. The van der Waals surface area contributed by atoms with Crippen LogP contribution in [0.4, 0.5) is 4.39 Å². The number of halogens is 1. The monoisotopic (exact) mass is 246 g/mol. The van der Waals surface area contributed by atoms with Gasteiger partial charge in [0.2, 0.25) is 5.91 Å². The average Bonchev–Trinajstić information content (AvgIpc) is 2.32. The summed E-state index contributed by atoms with van der Waals surface area (Å²) in [5.41, 5.74) is 1.26. The lowest BCUT2D eigenvalue weighted by Gasteiger charge is -2.00. The van der Waals surface area contributed by atoms with Crippen molar-refractivity contribution in [3.8, 4) is 6.07 Å². The number of benzene rings is 1. The summed E-state index contributed by atoms with van der Waals surface area (Å²) in [5, 5.41) is 11.2. The minimum Gasteiger partial charge on any atom is -0.356 e. The van der Waals surface area contributed by atoms with Crippen molar-refractivity contribution in [2.45, 2.75) is 19.8 Å². The maximum atomic E-state index is 13.3. The molecule has 4 heteroatoms. The lowest BCUT2D eigenvalue weighted by atomic mass is 10.1. The summed E-state index contributed by atoms with van der Waals surface area (Å²) >= 11 is 0. The van der Waals surface area contributed by atoms with Crippen molar-refractivity contribution >= 4 is 12.0 Å². The third kappa shape index (κ3) is 4.79. The van der Waals surface area contributed by atoms with Crippen LogP contribution in [0.5, 0.6) is 0 Å². The van der Waals surface area contributed by atoms with Gasteiger partial charge in [-0.2, -0.15) is 5.26 Å². The van der Waals surface area contributed by atoms with Crippen LogP contribution in [-0.2, 0) is 11.2 Å². The molecule has 3 nitrogen and oxygen atoms in total. The molecule has 1 rings (SSSR count). The zero-order valence-corrected chi connectivity index (χ0v) is 10.2. The van der Waals surface area contributed by atoms with Gasteiger partial charge in [0.15, 0.2) is 0 Å². The van der Waals surface area contributed by atoms with E-state index in [4.69, 9.17) is 5.26 Å². The molecule has 0 bridgehead atoms. The standard InChI is InChI=1S/C14H15FN2O/c1-11(18)17-9-3-2-4-12-5-6-14(15)13(10-12)7-8-16/h2,4-6,10H,3,7,9H2,1H3,(H,17,18). The number of nitriles is 1. The molecule has 1 aromatic rings. The maximum absolute atomic E-state index is 13.3. The zero-order chi connectivity index (χ0) is 13.4. The minimum atomic E-state index is -0.355. The Morgan fingerprint density at radius 3 is 3.00 bits per heavy atom. The van der Waals surface area contributed by atoms with Gasteiger partial charge in [0.1, 0.15) is 5.82 Å². The SMILES string of the molecule is CC(=O)NCCC=Cc1ccc(F)c(CC#N)c1. The van der Waals surface area contributed by atoms with Gasteiger partial charge in [-0.1, -0.05) is 18.2 Å². The van der Waals surface area contributed by atoms with E-state index in [-0.39, 0.29) is 18.1 Å². The summed E-state index contributed by atoms with van der Waals surface area (Å²) in [6.45, 7) is 2.05. The van der Waals surface area contributed by atoms with E-state index in [1.165, 1.54) is 13.0 Å². The van der Waals surface area contributed by atoms with Gasteiger partial charge in [0, 0.05) is 19.0 Å². The lowest BCUT2D eigenvalue weighted by Crippen LogP contribution is -2.20. The molecule has 0 atom stereocenters. The second-order valence-electron chi connectivity index (χ2n) is 3.86. The van der Waals surface area contributed by atoms with Crippen molar-refractivity contribution in [1.29, 1.82) is 5.26 Å². The van der Waals surface area contributed by atoms with Crippen molar-refractivity contribution < 1.29 is 9.18 Å². The highest BCUT2D eigenvalue weighted by Crippen LogP contribution is 2.12. The van der Waals surface area contributed by atoms with E-state index < -0.39 is 0 Å². The highest BCUT2D eigenvalue weighted by Gasteiger charge is 2.01. The summed E-state index contributed by atoms with van der Waals surface area (Å²) < 4.78 is 13.3. The van der Waals surface area contributed by atoms with E-state index in [1.54, 1.807) is 12.1 Å². The lowest BCUT2D eigenvalue weighted by molar-refractivity contribution is -0.118. The number of hydrogen-bond acceptors (Lipinski definition) is 2. The first-order chi connectivity index (χ1) is 8.63. The molecule has 0 fully saturated rings. The van der Waals surface area contributed by atoms with Gasteiger partial charge in [-0.15, -0.1) is 0 Å². The third-order valence-corrected chi connectivity index (χ3v) is 2.33. The van der Waals surface area contributed by atoms with Crippen molar-refractivity contribution in [3.63, 3.8) is 0 Å². The molecular formula is C14H15FN2O. The van der Waals surface area contributed by atoms with E-state index in [1.807, 2.05) is 18.2 Å². The molecule has 0 saturated heterocycles. The van der Waals surface area contributed by atoms with Gasteiger partial charge in [-0.25, -0.2) is 4.39 Å². The molecule has 0 aliphatic heterocycles. The second-order valence-corrected chi connectivity index (χ2v) is 3.86. The van der Waals surface area contributed by atoms with Crippen molar-refractivity contribution in [3.05, 3.63) is 41.2 Å². The summed E-state index contributed by atoms with van der Waals surface area (Å²) in [7, 11) is 0. The first-order valence-corrected chi connectivity index (χ1v) is 5.70. The molecule has 1 amide bonds. The first kappa shape index (κ1) is 13.9. The number of rotatable bonds is 5. The smallest absolute Gasteiger partial charge is 0.216 e. The molecule has 0 aromatic heterocycles. The Morgan fingerprint density at radius 2 is 2.33 bits per heavy atom. The summed E-state index contributed by atoms with van der Waals surface area (Å²) in [4.78, 5) is 10.6. The number of hydrogen-bond donors (Lipinski definition) is 1. The van der Waals surface area contributed by atoms with Gasteiger partial charge < -0.3 is 5.32 Å². The van der Waals surface area contributed by atoms with E-state index >= 15 is 0 Å². The molecule has 0 spiro atoms. The van der Waals surface area contributed by atoms with Gasteiger partial charge in [-0.3, -0.25) is 4.79 Å². The quantitative estimate of drug-likeness (QED) is 0.811. The zero-order valence-electron chi connectivity index (χ0n) is 10.2. The fraction of sp³-hybridized carbons (Fsp3) is 0.286. The molecule has 18 heavy (non-hydrogen) atoms. The van der Waals surface area contributed by atoms with E-state index in [0.717, 1.165) is 5.56 Å². The summed E-state index contributed by atoms with van der Waals surface area (Å²) in [6.07, 6.45) is 4.53. The fourth-order valence-corrected chi connectivity index (χ4v) is 1.47. The Hall–Kier alpha value is -2.15. The molecule has 0 heterocycles. The second kappa shape index (κ2) is 7.23. The molecule has 0 aliphatic carbocycles. The van der Waals surface area contributed by atoms with Crippen LogP contribution in [0, 0.1) is 17.1 Å². The predicted octanol–water partition coefficient (Wildman–Crippen LogP) is 2.43. The van der Waals surface area contributed by atoms with Gasteiger partial charge in [-0.05, 0) is 24.1 Å². The van der Waals surface area contributed by atoms with E-state index in [2.05, 4.69) is 5.32 Å². The van der Waals surface area contributed by atoms with Gasteiger partial charge in [0.05, 0.1) is 12.5 Å². The molecule has 0 unspecified atom stereocenters. The summed E-state index contributed by atoms with van der Waals surface area (Å²) in [6, 6.07) is 6.61. The van der Waals surface area contributed by atoms with Crippen LogP contribution >= 0.6 is 0 Å². The van der Waals surface area contributed by atoms with Crippen LogP contribution in [0.1, 0.15) is 24.5 Å². The highest BCUT2D eigenvalue weighted by molar-refractivity contribution is 5.72. The number of nitrogens with one attached hydrogen (secondary N) is 1. The topological polar surface area (TPSA) is 52.9 Å². The fourth-order valence-electron chi connectivity index (χ4n) is 1.47. The number of nitrogens with zero attached hydrogens (tertiary/aromatic N) is 1. The average molecular weight is 246 g/mol. The molecule has 0 saturated carbocycles. The molecule has 0 radical (unpaired) electrons. The first-order valence-electron chi connectivity index (χ1n) is 5.70. The molecular weight excluding hydrogens is 231 g/mol. The van der Waals surface area contributed by atoms with Crippen LogP contribution < -0.4 is 5.32 Å². The molecule has 0 aliphatic rings. The Balaban J connectivity index is 2.57. The highest BCUT2D eigenvalue weighted by atomic mass is 19.1. The number of carbonyl (C=O) groups excluding carboxylic acids is 1. The van der Waals surface area contributed by atoms with Crippen LogP contribution in [0.3, 0.4) is 0 Å². The number of carbonyl (C=O) groups is 1. The Kier molecular flexibility index (Phi) is 5.59. The molecule has 94 valence electrons. The van der Waals surface area contributed by atoms with Crippen molar-refractivity contribution in [1.82, 2.24) is 5.32 Å². The summed E-state index contributed by atoms with van der Waals surface area (Å²) in [5.74, 6) is -0.409. The number of amides is 1. The Bertz CT molecular complexity index is 489. The van der Waals surface area contributed by atoms with Crippen LogP contribution in [0.2, 0.25) is 0 Å². The Morgan fingerprint density at radius 1 is 1.56 bits per heavy atom. The van der Waals surface area contributed by atoms with Crippen molar-refractivity contribution in [2.24, 2.45) is 0 Å². The van der Waals surface area contributed by atoms with Crippen LogP contribution in [0.25, 0.3) is 6.08 Å². The predicted molar refractivity (Wildman–Crippen MR) is 68.1 cm³/mol. The minimum absolute atomic E-state index is 0.0542. The van der Waals surface area contributed by atoms with Crippen LogP contribution in [-0.4, -0.2) is 12.5 Å². The Labute approximate surface area is 106 Å². The van der Waals surface area contributed by atoms with Gasteiger partial charge >= 0.3 is 0 Å². The maximum Gasteiger partial charge on any atom is 0.216 e. The third-order valence-electron chi connectivity index (χ3n) is 2.33. The molecule has 1 aromatic carbocycles. The van der Waals surface area contributed by atoms with Crippen molar-refractivity contribution in [2.75, 3.05) is 6.54 Å².